The van der Waals surface area contributed by atoms with E-state index in [1.165, 1.54) is 0 Å². The lowest BCUT2D eigenvalue weighted by atomic mass is 10.1. The minimum atomic E-state index is -0.127. The van der Waals surface area contributed by atoms with E-state index in [1.54, 1.807) is 22.1 Å². The summed E-state index contributed by atoms with van der Waals surface area (Å²) in [5.74, 6) is 1.84. The molecule has 1 aromatic heterocycles. The van der Waals surface area contributed by atoms with Crippen molar-refractivity contribution in [2.24, 2.45) is 0 Å². The van der Waals surface area contributed by atoms with E-state index in [0.717, 1.165) is 24.0 Å². The zero-order chi connectivity index (χ0) is 22.8. The van der Waals surface area contributed by atoms with E-state index in [-0.39, 0.29) is 31.2 Å². The van der Waals surface area contributed by atoms with Gasteiger partial charge in [-0.25, -0.2) is 0 Å². The van der Waals surface area contributed by atoms with Crippen LogP contribution in [0.15, 0.2) is 65.3 Å². The Kier molecular flexibility index (Phi) is 5.77. The molecule has 5 rings (SSSR count). The molecule has 2 aliphatic rings. The van der Waals surface area contributed by atoms with Gasteiger partial charge in [-0.05, 0) is 61.2 Å². The zero-order valence-electron chi connectivity index (χ0n) is 18.5. The standard InChI is InChI=1S/C26H26N2O5/c1-18-5-2-3-7-22(18)26(30)28(20-9-10-20)16-25(29)27(15-21-6-4-12-31-21)14-19-8-11-23-24(13-19)33-17-32-23/h2-8,11-13,20H,9-10,14-17H2,1H3. The number of carbonyl (C=O) groups is 2. The Labute approximate surface area is 192 Å². The van der Waals surface area contributed by atoms with Crippen LogP contribution in [0.5, 0.6) is 11.5 Å². The molecule has 1 saturated carbocycles. The van der Waals surface area contributed by atoms with Gasteiger partial charge in [0, 0.05) is 18.2 Å². The van der Waals surface area contributed by atoms with E-state index in [0.29, 0.717) is 35.9 Å². The van der Waals surface area contributed by atoms with E-state index in [9.17, 15) is 9.59 Å². The van der Waals surface area contributed by atoms with Gasteiger partial charge in [0.25, 0.3) is 5.91 Å². The van der Waals surface area contributed by atoms with Crippen molar-refractivity contribution in [3.63, 3.8) is 0 Å². The fourth-order valence-corrected chi connectivity index (χ4v) is 4.05. The lowest BCUT2D eigenvalue weighted by molar-refractivity contribution is -0.133. The molecule has 7 nitrogen and oxygen atoms in total. The Balaban J connectivity index is 1.36. The van der Waals surface area contributed by atoms with Crippen LogP contribution in [0, 0.1) is 6.92 Å². The molecule has 1 aliphatic carbocycles. The molecular weight excluding hydrogens is 420 g/mol. The van der Waals surface area contributed by atoms with Crippen LogP contribution in [0.3, 0.4) is 0 Å². The number of fused-ring (bicyclic) bond motifs is 1. The Bertz CT molecular complexity index is 1150. The molecule has 0 bridgehead atoms. The van der Waals surface area contributed by atoms with Crippen molar-refractivity contribution in [2.75, 3.05) is 13.3 Å². The molecule has 0 atom stereocenters. The first-order valence-electron chi connectivity index (χ1n) is 11.1. The maximum absolute atomic E-state index is 13.5. The van der Waals surface area contributed by atoms with Gasteiger partial charge in [-0.1, -0.05) is 24.3 Å². The topological polar surface area (TPSA) is 72.2 Å². The molecule has 3 aromatic rings. The summed E-state index contributed by atoms with van der Waals surface area (Å²) in [4.78, 5) is 30.3. The fourth-order valence-electron chi connectivity index (χ4n) is 4.05. The van der Waals surface area contributed by atoms with Crippen molar-refractivity contribution in [3.05, 3.63) is 83.3 Å². The molecule has 2 amide bonds. The van der Waals surface area contributed by atoms with Gasteiger partial charge in [-0.3, -0.25) is 9.59 Å². The molecule has 0 radical (unpaired) electrons. The predicted molar refractivity (Wildman–Crippen MR) is 121 cm³/mol. The zero-order valence-corrected chi connectivity index (χ0v) is 18.5. The van der Waals surface area contributed by atoms with E-state index in [2.05, 4.69) is 0 Å². The van der Waals surface area contributed by atoms with Crippen molar-refractivity contribution in [1.82, 2.24) is 9.80 Å². The highest BCUT2D eigenvalue weighted by molar-refractivity contribution is 5.98. The maximum atomic E-state index is 13.5. The summed E-state index contributed by atoms with van der Waals surface area (Å²) in [5, 5.41) is 0. The smallest absolute Gasteiger partial charge is 0.254 e. The number of nitrogens with zero attached hydrogens (tertiary/aromatic N) is 2. The SMILES string of the molecule is Cc1ccccc1C(=O)N(CC(=O)N(Cc1ccc2c(c1)OCO2)Cc1ccco1)C1CC1. The van der Waals surface area contributed by atoms with Crippen LogP contribution in [0.2, 0.25) is 0 Å². The third kappa shape index (κ3) is 4.72. The van der Waals surface area contributed by atoms with Crippen LogP contribution in [0.4, 0.5) is 0 Å². The van der Waals surface area contributed by atoms with Crippen LogP contribution >= 0.6 is 0 Å². The van der Waals surface area contributed by atoms with Gasteiger partial charge in [0.1, 0.15) is 12.3 Å². The van der Waals surface area contributed by atoms with Crippen LogP contribution in [0.25, 0.3) is 0 Å². The second kappa shape index (κ2) is 9.02. The number of amides is 2. The minimum Gasteiger partial charge on any atom is -0.467 e. The van der Waals surface area contributed by atoms with Crippen LogP contribution in [-0.2, 0) is 17.9 Å². The minimum absolute atomic E-state index is 0.0308. The fraction of sp³-hybridized carbons (Fsp3) is 0.308. The number of furan rings is 1. The number of rotatable bonds is 8. The molecule has 0 unspecified atom stereocenters. The summed E-state index contributed by atoms with van der Waals surface area (Å²) >= 11 is 0. The van der Waals surface area contributed by atoms with Crippen molar-refractivity contribution in [3.8, 4) is 11.5 Å². The molecule has 33 heavy (non-hydrogen) atoms. The number of hydrogen-bond donors (Lipinski definition) is 0. The first kappa shape index (κ1) is 21.1. The average Bonchev–Trinajstić information content (AvgIpc) is 3.32. The van der Waals surface area contributed by atoms with Gasteiger partial charge in [0.15, 0.2) is 11.5 Å². The first-order chi connectivity index (χ1) is 16.1. The van der Waals surface area contributed by atoms with Gasteiger partial charge in [-0.2, -0.15) is 0 Å². The molecule has 1 aliphatic heterocycles. The molecule has 1 fully saturated rings. The van der Waals surface area contributed by atoms with Gasteiger partial charge in [0.2, 0.25) is 12.7 Å². The second-order valence-electron chi connectivity index (χ2n) is 8.50. The van der Waals surface area contributed by atoms with E-state index in [4.69, 9.17) is 13.9 Å². The first-order valence-corrected chi connectivity index (χ1v) is 11.1. The monoisotopic (exact) mass is 446 g/mol. The summed E-state index contributed by atoms with van der Waals surface area (Å²) in [6.45, 7) is 2.84. The Morgan fingerprint density at radius 3 is 2.55 bits per heavy atom. The Morgan fingerprint density at radius 2 is 1.79 bits per heavy atom. The molecule has 0 N–H and O–H groups in total. The van der Waals surface area contributed by atoms with Gasteiger partial charge < -0.3 is 23.7 Å². The highest BCUT2D eigenvalue weighted by atomic mass is 16.7. The molecule has 2 aromatic carbocycles. The number of ether oxygens (including phenoxy) is 2. The van der Waals surface area contributed by atoms with Crippen LogP contribution in [-0.4, -0.2) is 41.0 Å². The number of hydrogen-bond acceptors (Lipinski definition) is 5. The molecule has 170 valence electrons. The quantitative estimate of drug-likeness (QED) is 0.520. The highest BCUT2D eigenvalue weighted by Gasteiger charge is 2.35. The number of carbonyl (C=O) groups excluding carboxylic acids is 2. The Morgan fingerprint density at radius 1 is 0.970 bits per heavy atom. The highest BCUT2D eigenvalue weighted by Crippen LogP contribution is 2.33. The summed E-state index contributed by atoms with van der Waals surface area (Å²) in [6.07, 6.45) is 3.44. The van der Waals surface area contributed by atoms with Crippen molar-refractivity contribution < 1.29 is 23.5 Å². The largest absolute Gasteiger partial charge is 0.467 e. The van der Waals surface area contributed by atoms with Gasteiger partial charge in [0.05, 0.1) is 12.8 Å². The lowest BCUT2D eigenvalue weighted by Crippen LogP contribution is -2.43. The third-order valence-corrected chi connectivity index (χ3v) is 6.02. The second-order valence-corrected chi connectivity index (χ2v) is 8.50. The van der Waals surface area contributed by atoms with Crippen molar-refractivity contribution in [1.29, 1.82) is 0 Å². The van der Waals surface area contributed by atoms with Crippen LogP contribution in [0.1, 0.15) is 40.1 Å². The molecule has 2 heterocycles. The summed E-state index contributed by atoms with van der Waals surface area (Å²) in [6, 6.07) is 16.9. The van der Waals surface area contributed by atoms with E-state index < -0.39 is 0 Å². The summed E-state index contributed by atoms with van der Waals surface area (Å²) in [7, 11) is 0. The molecule has 0 spiro atoms. The van der Waals surface area contributed by atoms with E-state index in [1.807, 2.05) is 55.5 Å². The Hall–Kier alpha value is -3.74. The van der Waals surface area contributed by atoms with Gasteiger partial charge >= 0.3 is 0 Å². The summed E-state index contributed by atoms with van der Waals surface area (Å²) in [5.41, 5.74) is 2.47. The average molecular weight is 447 g/mol. The molecule has 0 saturated heterocycles. The normalized spacial score (nSPS) is 14.2. The van der Waals surface area contributed by atoms with E-state index >= 15 is 0 Å². The van der Waals surface area contributed by atoms with Crippen LogP contribution < -0.4 is 9.47 Å². The molecule has 7 heteroatoms. The number of benzene rings is 2. The molecular formula is C26H26N2O5. The van der Waals surface area contributed by atoms with Crippen molar-refractivity contribution in [2.45, 2.75) is 38.9 Å². The lowest BCUT2D eigenvalue weighted by Gasteiger charge is -2.28. The van der Waals surface area contributed by atoms with Crippen molar-refractivity contribution >= 4 is 11.8 Å². The maximum Gasteiger partial charge on any atom is 0.254 e. The summed E-state index contributed by atoms with van der Waals surface area (Å²) < 4.78 is 16.4. The number of aryl methyl sites for hydroxylation is 1. The predicted octanol–water partition coefficient (Wildman–Crippen LogP) is 4.15. The third-order valence-electron chi connectivity index (χ3n) is 6.02. The van der Waals surface area contributed by atoms with Gasteiger partial charge in [-0.15, -0.1) is 0 Å².